The summed E-state index contributed by atoms with van der Waals surface area (Å²) in [6.45, 7) is 0.815. The smallest absolute Gasteiger partial charge is 0.223 e. The van der Waals surface area contributed by atoms with E-state index in [0.717, 1.165) is 18.4 Å². The molecule has 23 heavy (non-hydrogen) atoms. The van der Waals surface area contributed by atoms with Crippen LogP contribution in [0.5, 0.6) is 0 Å². The first kappa shape index (κ1) is 17.5. The summed E-state index contributed by atoms with van der Waals surface area (Å²) in [5.74, 6) is 0.382. The maximum absolute atomic E-state index is 11.8. The third-order valence-corrected chi connectivity index (χ3v) is 4.28. The second-order valence-electron chi connectivity index (χ2n) is 6.19. The molecule has 126 valence electrons. The molecule has 2 amide bonds. The molecule has 0 bridgehead atoms. The van der Waals surface area contributed by atoms with Crippen molar-refractivity contribution in [2.45, 2.75) is 44.6 Å². The van der Waals surface area contributed by atoms with Crippen LogP contribution < -0.4 is 10.6 Å². The van der Waals surface area contributed by atoms with Crippen LogP contribution in [-0.4, -0.2) is 30.0 Å². The van der Waals surface area contributed by atoms with Gasteiger partial charge in [-0.2, -0.15) is 0 Å². The van der Waals surface area contributed by atoms with Crippen molar-refractivity contribution in [3.63, 3.8) is 0 Å². The van der Waals surface area contributed by atoms with Gasteiger partial charge in [-0.3, -0.25) is 9.59 Å². The quantitative estimate of drug-likeness (QED) is 0.641. The molecule has 1 atom stereocenters. The molecule has 1 saturated carbocycles. The van der Waals surface area contributed by atoms with Crippen molar-refractivity contribution < 1.29 is 14.7 Å². The van der Waals surface area contributed by atoms with Gasteiger partial charge in [0.1, 0.15) is 0 Å². The summed E-state index contributed by atoms with van der Waals surface area (Å²) in [7, 11) is 0. The third kappa shape index (κ3) is 6.40. The minimum absolute atomic E-state index is 0.0278. The zero-order valence-electron chi connectivity index (χ0n) is 13.5. The number of carbonyl (C=O) groups excluding carboxylic acids is 2. The molecule has 1 aromatic rings. The highest BCUT2D eigenvalue weighted by Gasteiger charge is 2.18. The predicted octanol–water partition coefficient (Wildman–Crippen LogP) is 1.92. The maximum Gasteiger partial charge on any atom is 0.223 e. The Kier molecular flexibility index (Phi) is 7.07. The average molecular weight is 318 g/mol. The molecule has 5 heteroatoms. The number of nitrogens with one attached hydrogen (secondary N) is 2. The molecule has 5 nitrogen and oxygen atoms in total. The van der Waals surface area contributed by atoms with E-state index < -0.39 is 6.10 Å². The van der Waals surface area contributed by atoms with Gasteiger partial charge >= 0.3 is 0 Å². The number of rotatable bonds is 8. The number of hydrogen-bond donors (Lipinski definition) is 3. The maximum atomic E-state index is 11.8. The van der Waals surface area contributed by atoms with Crippen LogP contribution in [0.15, 0.2) is 30.3 Å². The van der Waals surface area contributed by atoms with E-state index in [9.17, 15) is 14.7 Å². The lowest BCUT2D eigenvalue weighted by Crippen LogP contribution is -2.35. The lowest BCUT2D eigenvalue weighted by molar-refractivity contribution is -0.124. The molecule has 1 unspecified atom stereocenters. The Labute approximate surface area is 137 Å². The minimum atomic E-state index is -0.798. The van der Waals surface area contributed by atoms with Gasteiger partial charge in [-0.1, -0.05) is 43.2 Å². The van der Waals surface area contributed by atoms with Gasteiger partial charge in [-0.05, 0) is 24.3 Å². The van der Waals surface area contributed by atoms with E-state index in [1.54, 1.807) is 12.1 Å². The fourth-order valence-corrected chi connectivity index (χ4v) is 2.99. The van der Waals surface area contributed by atoms with E-state index in [-0.39, 0.29) is 18.2 Å². The summed E-state index contributed by atoms with van der Waals surface area (Å²) in [5, 5.41) is 15.5. The van der Waals surface area contributed by atoms with Crippen molar-refractivity contribution in [3.8, 4) is 0 Å². The molecule has 0 heterocycles. The first-order valence-corrected chi connectivity index (χ1v) is 8.41. The highest BCUT2D eigenvalue weighted by Crippen LogP contribution is 2.27. The summed E-state index contributed by atoms with van der Waals surface area (Å²) in [6.07, 6.45) is 4.60. The number of aliphatic hydroxyl groups is 1. The second-order valence-corrected chi connectivity index (χ2v) is 6.19. The van der Waals surface area contributed by atoms with E-state index in [0.29, 0.717) is 25.4 Å². The van der Waals surface area contributed by atoms with Crippen LogP contribution in [0.4, 0.5) is 0 Å². The third-order valence-electron chi connectivity index (χ3n) is 4.28. The lowest BCUT2D eigenvalue weighted by atomic mass is 10.0. The van der Waals surface area contributed by atoms with E-state index >= 15 is 0 Å². The minimum Gasteiger partial charge on any atom is -0.388 e. The lowest BCUT2D eigenvalue weighted by Gasteiger charge is -2.12. The van der Waals surface area contributed by atoms with Gasteiger partial charge in [-0.25, -0.2) is 0 Å². The summed E-state index contributed by atoms with van der Waals surface area (Å²) in [5.41, 5.74) is 0.729. The van der Waals surface area contributed by atoms with Gasteiger partial charge in [0.2, 0.25) is 11.8 Å². The average Bonchev–Trinajstić information content (AvgIpc) is 3.05. The summed E-state index contributed by atoms with van der Waals surface area (Å²) >= 11 is 0. The van der Waals surface area contributed by atoms with Crippen LogP contribution in [0.2, 0.25) is 0 Å². The van der Waals surface area contributed by atoms with Gasteiger partial charge in [0, 0.05) is 19.5 Å². The van der Waals surface area contributed by atoms with Crippen molar-refractivity contribution in [1.29, 1.82) is 0 Å². The summed E-state index contributed by atoms with van der Waals surface area (Å²) in [6, 6.07) is 9.11. The van der Waals surface area contributed by atoms with Gasteiger partial charge in [0.05, 0.1) is 12.5 Å². The van der Waals surface area contributed by atoms with Crippen molar-refractivity contribution >= 4 is 11.8 Å². The normalized spacial score (nSPS) is 16.0. The molecular weight excluding hydrogens is 292 g/mol. The largest absolute Gasteiger partial charge is 0.388 e. The van der Waals surface area contributed by atoms with Crippen molar-refractivity contribution in [3.05, 3.63) is 35.9 Å². The van der Waals surface area contributed by atoms with Crippen LogP contribution in [-0.2, 0) is 9.59 Å². The number of amides is 2. The Morgan fingerprint density at radius 3 is 2.30 bits per heavy atom. The van der Waals surface area contributed by atoms with Crippen LogP contribution in [0.1, 0.15) is 50.2 Å². The Morgan fingerprint density at radius 1 is 1.04 bits per heavy atom. The van der Waals surface area contributed by atoms with E-state index in [4.69, 9.17) is 0 Å². The monoisotopic (exact) mass is 318 g/mol. The standard InChI is InChI=1S/C18H26N2O3/c21-16(15-8-2-1-3-9-15)13-18(23)20-11-10-19-17(22)12-14-6-4-5-7-14/h1-3,8-9,14,16,21H,4-7,10-13H2,(H,19,22)(H,20,23). The Bertz CT molecular complexity index is 498. The zero-order valence-corrected chi connectivity index (χ0v) is 13.5. The molecule has 0 radical (unpaired) electrons. The van der Waals surface area contributed by atoms with Crippen LogP contribution in [0, 0.1) is 5.92 Å². The number of aliphatic hydroxyl groups excluding tert-OH is 1. The molecule has 1 fully saturated rings. The van der Waals surface area contributed by atoms with Crippen LogP contribution >= 0.6 is 0 Å². The topological polar surface area (TPSA) is 78.4 Å². The molecule has 0 spiro atoms. The van der Waals surface area contributed by atoms with E-state index in [1.165, 1.54) is 12.8 Å². The Hall–Kier alpha value is -1.88. The summed E-state index contributed by atoms with van der Waals surface area (Å²) in [4.78, 5) is 23.5. The number of benzene rings is 1. The highest BCUT2D eigenvalue weighted by atomic mass is 16.3. The fraction of sp³-hybridized carbons (Fsp3) is 0.556. The van der Waals surface area contributed by atoms with Crippen LogP contribution in [0.25, 0.3) is 0 Å². The molecule has 1 aliphatic carbocycles. The number of hydrogen-bond acceptors (Lipinski definition) is 3. The van der Waals surface area contributed by atoms with Gasteiger partial charge in [0.25, 0.3) is 0 Å². The second kappa shape index (κ2) is 9.30. The fourth-order valence-electron chi connectivity index (χ4n) is 2.99. The highest BCUT2D eigenvalue weighted by molar-refractivity contribution is 5.77. The molecule has 0 aliphatic heterocycles. The van der Waals surface area contributed by atoms with Crippen LogP contribution in [0.3, 0.4) is 0 Å². The Balaban J connectivity index is 1.56. The Morgan fingerprint density at radius 2 is 1.65 bits per heavy atom. The molecular formula is C18H26N2O3. The zero-order chi connectivity index (χ0) is 16.5. The van der Waals surface area contributed by atoms with Crippen molar-refractivity contribution in [2.75, 3.05) is 13.1 Å². The first-order valence-electron chi connectivity index (χ1n) is 8.41. The van der Waals surface area contributed by atoms with Gasteiger partial charge in [0.15, 0.2) is 0 Å². The van der Waals surface area contributed by atoms with Crippen molar-refractivity contribution in [1.82, 2.24) is 10.6 Å². The molecule has 2 rings (SSSR count). The molecule has 1 aromatic carbocycles. The van der Waals surface area contributed by atoms with Gasteiger partial charge < -0.3 is 15.7 Å². The molecule has 0 saturated heterocycles. The predicted molar refractivity (Wildman–Crippen MR) is 88.6 cm³/mol. The van der Waals surface area contributed by atoms with E-state index in [2.05, 4.69) is 10.6 Å². The van der Waals surface area contributed by atoms with E-state index in [1.807, 2.05) is 18.2 Å². The molecule has 3 N–H and O–H groups in total. The SMILES string of the molecule is O=C(CC1CCCC1)NCCNC(=O)CC(O)c1ccccc1. The number of carbonyl (C=O) groups is 2. The first-order chi connectivity index (χ1) is 11.1. The molecule has 0 aromatic heterocycles. The molecule has 1 aliphatic rings. The van der Waals surface area contributed by atoms with Crippen molar-refractivity contribution in [2.24, 2.45) is 5.92 Å². The summed E-state index contributed by atoms with van der Waals surface area (Å²) < 4.78 is 0. The van der Waals surface area contributed by atoms with Gasteiger partial charge in [-0.15, -0.1) is 0 Å².